The van der Waals surface area contributed by atoms with Crippen LogP contribution in [0.3, 0.4) is 0 Å². The van der Waals surface area contributed by atoms with Crippen molar-refractivity contribution in [2.24, 2.45) is 0 Å². The number of carbonyl (C=O) groups excluding carboxylic acids is 3. The van der Waals surface area contributed by atoms with Gasteiger partial charge in [-0.3, -0.25) is 14.4 Å². The van der Waals surface area contributed by atoms with E-state index in [0.717, 1.165) is 34.4 Å². The number of esters is 1. The van der Waals surface area contributed by atoms with Gasteiger partial charge in [-0.15, -0.1) is 13.2 Å². The average Bonchev–Trinajstić information content (AvgIpc) is 3.05. The second-order valence-electron chi connectivity index (χ2n) is 12.4. The van der Waals surface area contributed by atoms with Gasteiger partial charge in [0.15, 0.2) is 0 Å². The summed E-state index contributed by atoms with van der Waals surface area (Å²) in [5.41, 5.74) is 6.00. The number of hydrogen-bond acceptors (Lipinski definition) is 5. The largest absolute Gasteiger partial charge is 0.573 e. The smallest absolute Gasteiger partial charge is 0.466 e. The Balaban J connectivity index is 1.65. The zero-order chi connectivity index (χ0) is 37.3. The predicted molar refractivity (Wildman–Crippen MR) is 188 cm³/mol. The monoisotopic (exact) mass is 706 g/mol. The fourth-order valence-corrected chi connectivity index (χ4v) is 6.39. The van der Waals surface area contributed by atoms with Crippen LogP contribution in [-0.4, -0.2) is 37.3 Å². The van der Waals surface area contributed by atoms with E-state index in [4.69, 9.17) is 4.74 Å². The Morgan fingerprint density at radius 1 is 0.824 bits per heavy atom. The van der Waals surface area contributed by atoms with Crippen LogP contribution in [-0.2, 0) is 14.3 Å². The lowest BCUT2D eigenvalue weighted by atomic mass is 9.78. The summed E-state index contributed by atoms with van der Waals surface area (Å²) in [6.45, 7) is 9.86. The predicted octanol–water partition coefficient (Wildman–Crippen LogP) is 9.31. The zero-order valence-corrected chi connectivity index (χ0v) is 29.2. The van der Waals surface area contributed by atoms with Crippen molar-refractivity contribution in [3.63, 3.8) is 0 Å². The van der Waals surface area contributed by atoms with Crippen molar-refractivity contribution in [1.29, 1.82) is 0 Å². The summed E-state index contributed by atoms with van der Waals surface area (Å²) in [6, 6.07) is 20.3. The third-order valence-corrected chi connectivity index (χ3v) is 8.47. The normalized spacial score (nSPS) is 12.5. The Hall–Kier alpha value is -5.19. The number of benzene rings is 4. The molecule has 2 unspecified atom stereocenters. The van der Waals surface area contributed by atoms with E-state index in [9.17, 15) is 27.6 Å². The van der Waals surface area contributed by atoms with Gasteiger partial charge in [0.25, 0.3) is 5.91 Å². The molecule has 0 radical (unpaired) electrons. The number of anilines is 1. The summed E-state index contributed by atoms with van der Waals surface area (Å²) in [5.74, 6) is -3.95. The van der Waals surface area contributed by atoms with E-state index in [2.05, 4.69) is 15.4 Å². The molecule has 0 saturated heterocycles. The minimum absolute atomic E-state index is 0.0222. The number of carbonyl (C=O) groups is 3. The number of alkyl halides is 3. The highest BCUT2D eigenvalue weighted by atomic mass is 19.4. The molecule has 7 nitrogen and oxygen atoms in total. The molecule has 51 heavy (non-hydrogen) atoms. The van der Waals surface area contributed by atoms with Crippen LogP contribution in [0, 0.1) is 26.6 Å². The lowest BCUT2D eigenvalue weighted by molar-refractivity contribution is -0.274. The summed E-state index contributed by atoms with van der Waals surface area (Å²) in [4.78, 5) is 38.5. The van der Waals surface area contributed by atoms with E-state index < -0.39 is 47.5 Å². The minimum atomic E-state index is -4.89. The Morgan fingerprint density at radius 3 is 2.02 bits per heavy atom. The molecule has 0 saturated carbocycles. The van der Waals surface area contributed by atoms with Crippen LogP contribution in [0.1, 0.15) is 83.1 Å². The molecule has 0 heterocycles. The average molecular weight is 707 g/mol. The number of halogens is 4. The van der Waals surface area contributed by atoms with Gasteiger partial charge >= 0.3 is 12.3 Å². The number of ether oxygens (including phenoxy) is 2. The Bertz CT molecular complexity index is 1820. The second-order valence-corrected chi connectivity index (χ2v) is 12.4. The van der Waals surface area contributed by atoms with Gasteiger partial charge in [-0.25, -0.2) is 4.39 Å². The number of hydrogen-bond donors (Lipinski definition) is 2. The molecule has 4 aromatic carbocycles. The van der Waals surface area contributed by atoms with E-state index in [1.165, 1.54) is 24.3 Å². The molecule has 0 aliphatic carbocycles. The lowest BCUT2D eigenvalue weighted by Gasteiger charge is -2.28. The maximum absolute atomic E-state index is 15.7. The molecular formula is C40H42F4N2O5. The third-order valence-electron chi connectivity index (χ3n) is 8.47. The van der Waals surface area contributed by atoms with Crippen LogP contribution in [0.4, 0.5) is 23.2 Å². The van der Waals surface area contributed by atoms with Crippen LogP contribution in [0.25, 0.3) is 11.1 Å². The van der Waals surface area contributed by atoms with Crippen LogP contribution in [0.2, 0.25) is 0 Å². The quantitative estimate of drug-likeness (QED) is 0.101. The summed E-state index contributed by atoms with van der Waals surface area (Å²) in [5, 5.41) is 5.41. The van der Waals surface area contributed by atoms with E-state index in [1.54, 1.807) is 37.3 Å². The topological polar surface area (TPSA) is 93.7 Å². The fourth-order valence-electron chi connectivity index (χ4n) is 6.39. The molecule has 0 aromatic heterocycles. The molecule has 4 rings (SSSR count). The standard InChI is InChI=1S/C40H42F4N2O5/c1-6-8-32(27-9-11-29(12-10-27)38(48)45-20-19-35(47)50-7-2)37(28-13-16-31(17-14-28)51-40(42,43)44)39(49)46-34-18-15-30(23-33(34)41)36-25(4)21-24(3)22-26(36)5/h9-18,21-23,32,37H,6-8,19-20H2,1-5H3,(H,45,48)(H,46,49). The first-order valence-electron chi connectivity index (χ1n) is 16.8. The first-order valence-corrected chi connectivity index (χ1v) is 16.8. The van der Waals surface area contributed by atoms with Crippen molar-refractivity contribution in [2.45, 2.75) is 72.1 Å². The highest BCUT2D eigenvalue weighted by Crippen LogP contribution is 2.39. The molecular weight excluding hydrogens is 664 g/mol. The molecule has 4 aromatic rings. The first kappa shape index (κ1) is 38.6. The molecule has 0 spiro atoms. The summed E-state index contributed by atoms with van der Waals surface area (Å²) < 4.78 is 63.3. The molecule has 0 fully saturated rings. The van der Waals surface area contributed by atoms with Gasteiger partial charge in [0.2, 0.25) is 5.91 Å². The third kappa shape index (κ3) is 10.4. The van der Waals surface area contributed by atoms with Gasteiger partial charge in [-0.05, 0) is 110 Å². The van der Waals surface area contributed by atoms with Crippen LogP contribution in [0.15, 0.2) is 78.9 Å². The minimum Gasteiger partial charge on any atom is -0.466 e. The van der Waals surface area contributed by atoms with Gasteiger partial charge < -0.3 is 20.1 Å². The number of aryl methyl sites for hydroxylation is 3. The van der Waals surface area contributed by atoms with Gasteiger partial charge in [-0.2, -0.15) is 0 Å². The van der Waals surface area contributed by atoms with Crippen molar-refractivity contribution in [1.82, 2.24) is 5.32 Å². The highest BCUT2D eigenvalue weighted by molar-refractivity contribution is 5.97. The molecule has 0 aliphatic heterocycles. The SMILES string of the molecule is CCCC(c1ccc(C(=O)NCCC(=O)OCC)cc1)C(C(=O)Nc1ccc(-c2c(C)cc(C)cc2C)cc1F)c1ccc(OC(F)(F)F)cc1. The van der Waals surface area contributed by atoms with Crippen LogP contribution >= 0.6 is 0 Å². The van der Waals surface area contributed by atoms with Crippen molar-refractivity contribution in [3.05, 3.63) is 118 Å². The fraction of sp³-hybridized carbons (Fsp3) is 0.325. The lowest BCUT2D eigenvalue weighted by Crippen LogP contribution is -2.28. The molecule has 2 atom stereocenters. The van der Waals surface area contributed by atoms with E-state index in [1.807, 2.05) is 39.8 Å². The number of amides is 2. The van der Waals surface area contributed by atoms with Crippen molar-refractivity contribution >= 4 is 23.5 Å². The Labute approximate surface area is 295 Å². The number of nitrogens with one attached hydrogen (secondary N) is 2. The Morgan fingerprint density at radius 2 is 1.45 bits per heavy atom. The van der Waals surface area contributed by atoms with E-state index in [0.29, 0.717) is 35.1 Å². The van der Waals surface area contributed by atoms with E-state index in [-0.39, 0.29) is 25.3 Å². The van der Waals surface area contributed by atoms with Crippen LogP contribution in [0.5, 0.6) is 5.75 Å². The van der Waals surface area contributed by atoms with Crippen molar-refractivity contribution < 1.29 is 41.4 Å². The molecule has 2 amide bonds. The maximum atomic E-state index is 15.7. The second kappa shape index (κ2) is 17.2. The summed E-state index contributed by atoms with van der Waals surface area (Å²) >= 11 is 0. The van der Waals surface area contributed by atoms with Gasteiger partial charge in [0.1, 0.15) is 11.6 Å². The van der Waals surface area contributed by atoms with Crippen molar-refractivity contribution in [2.75, 3.05) is 18.5 Å². The van der Waals surface area contributed by atoms with E-state index >= 15 is 4.39 Å². The molecule has 0 aliphatic rings. The first-order chi connectivity index (χ1) is 24.2. The molecule has 0 bridgehead atoms. The van der Waals surface area contributed by atoms with Gasteiger partial charge in [-0.1, -0.05) is 61.4 Å². The summed E-state index contributed by atoms with van der Waals surface area (Å²) in [6.07, 6.45) is -3.75. The number of rotatable bonds is 14. The van der Waals surface area contributed by atoms with Crippen LogP contribution < -0.4 is 15.4 Å². The summed E-state index contributed by atoms with van der Waals surface area (Å²) in [7, 11) is 0. The van der Waals surface area contributed by atoms with Gasteiger partial charge in [0.05, 0.1) is 24.6 Å². The molecule has 11 heteroatoms. The molecule has 270 valence electrons. The zero-order valence-electron chi connectivity index (χ0n) is 29.2. The van der Waals surface area contributed by atoms with Gasteiger partial charge in [0, 0.05) is 12.1 Å². The Kier molecular flexibility index (Phi) is 13.0. The molecule has 2 N–H and O–H groups in total. The maximum Gasteiger partial charge on any atom is 0.573 e. The highest BCUT2D eigenvalue weighted by Gasteiger charge is 2.33. The van der Waals surface area contributed by atoms with Crippen molar-refractivity contribution in [3.8, 4) is 16.9 Å².